The Hall–Kier alpha value is -2.43. The number of nitrogens with one attached hydrogen (secondary N) is 1. The average Bonchev–Trinajstić information content (AvgIpc) is 2.68. The SMILES string of the molecule is CCc1ccccc1NC(=O)c1ccc(N2CCCCC2CC)nn1. The Labute approximate surface area is 149 Å². The first kappa shape index (κ1) is 17.4. The van der Waals surface area contributed by atoms with Gasteiger partial charge in [-0.25, -0.2) is 0 Å². The quantitative estimate of drug-likeness (QED) is 0.893. The van der Waals surface area contributed by atoms with Gasteiger partial charge >= 0.3 is 0 Å². The number of rotatable bonds is 5. The molecule has 25 heavy (non-hydrogen) atoms. The number of aromatic nitrogens is 2. The van der Waals surface area contributed by atoms with E-state index in [1.165, 1.54) is 19.3 Å². The number of hydrogen-bond donors (Lipinski definition) is 1. The van der Waals surface area contributed by atoms with E-state index in [0.717, 1.165) is 36.5 Å². The van der Waals surface area contributed by atoms with E-state index < -0.39 is 0 Å². The van der Waals surface area contributed by atoms with Gasteiger partial charge in [0.2, 0.25) is 0 Å². The standard InChI is InChI=1S/C20H26N4O/c1-3-15-9-5-6-11-17(15)21-20(25)18-12-13-19(23-22-18)24-14-8-7-10-16(24)4-2/h5-6,9,11-13,16H,3-4,7-8,10,14H2,1-2H3,(H,21,25). The van der Waals surface area contributed by atoms with E-state index in [0.29, 0.717) is 11.7 Å². The zero-order valence-electron chi connectivity index (χ0n) is 15.0. The third-order valence-corrected chi connectivity index (χ3v) is 4.92. The lowest BCUT2D eigenvalue weighted by molar-refractivity contribution is 0.102. The predicted octanol–water partition coefficient (Wildman–Crippen LogP) is 4.06. The van der Waals surface area contributed by atoms with Crippen LogP contribution < -0.4 is 10.2 Å². The topological polar surface area (TPSA) is 58.1 Å². The summed E-state index contributed by atoms with van der Waals surface area (Å²) in [4.78, 5) is 14.8. The second kappa shape index (κ2) is 8.10. The number of nitrogens with zero attached hydrogens (tertiary/aromatic N) is 3. The molecule has 2 heterocycles. The zero-order valence-corrected chi connectivity index (χ0v) is 15.0. The van der Waals surface area contributed by atoms with Gasteiger partial charge in [0.15, 0.2) is 11.5 Å². The van der Waals surface area contributed by atoms with Crippen molar-refractivity contribution in [3.05, 3.63) is 47.7 Å². The molecular weight excluding hydrogens is 312 g/mol. The summed E-state index contributed by atoms with van der Waals surface area (Å²) in [5, 5.41) is 11.4. The van der Waals surface area contributed by atoms with Crippen LogP contribution in [0.4, 0.5) is 11.5 Å². The molecule has 0 aliphatic carbocycles. The van der Waals surface area contributed by atoms with Crippen molar-refractivity contribution in [3.8, 4) is 0 Å². The number of piperidine rings is 1. The molecule has 1 aromatic heterocycles. The van der Waals surface area contributed by atoms with Crippen LogP contribution >= 0.6 is 0 Å². The maximum atomic E-state index is 12.5. The minimum Gasteiger partial charge on any atom is -0.352 e. The smallest absolute Gasteiger partial charge is 0.276 e. The van der Waals surface area contributed by atoms with Crippen LogP contribution in [0, 0.1) is 0 Å². The van der Waals surface area contributed by atoms with Gasteiger partial charge in [0.05, 0.1) is 0 Å². The molecule has 1 N–H and O–H groups in total. The van der Waals surface area contributed by atoms with Crippen LogP contribution in [0.1, 0.15) is 55.6 Å². The number of hydrogen-bond acceptors (Lipinski definition) is 4. The molecule has 2 aromatic rings. The number of carbonyl (C=O) groups is 1. The average molecular weight is 338 g/mol. The van der Waals surface area contributed by atoms with Gasteiger partial charge in [0.25, 0.3) is 5.91 Å². The molecular formula is C20H26N4O. The molecule has 5 heteroatoms. The minimum absolute atomic E-state index is 0.217. The van der Waals surface area contributed by atoms with Crippen molar-refractivity contribution in [2.75, 3.05) is 16.8 Å². The molecule has 132 valence electrons. The molecule has 1 unspecified atom stereocenters. The summed E-state index contributed by atoms with van der Waals surface area (Å²) < 4.78 is 0. The third-order valence-electron chi connectivity index (χ3n) is 4.92. The molecule has 1 aromatic carbocycles. The monoisotopic (exact) mass is 338 g/mol. The van der Waals surface area contributed by atoms with Crippen molar-refractivity contribution in [2.45, 2.75) is 52.0 Å². The van der Waals surface area contributed by atoms with Crippen LogP contribution in [0.25, 0.3) is 0 Å². The molecule has 5 nitrogen and oxygen atoms in total. The summed E-state index contributed by atoms with van der Waals surface area (Å²) in [5.74, 6) is 0.655. The van der Waals surface area contributed by atoms with E-state index >= 15 is 0 Å². The van der Waals surface area contributed by atoms with Gasteiger partial charge in [-0.3, -0.25) is 4.79 Å². The van der Waals surface area contributed by atoms with Crippen molar-refractivity contribution in [1.29, 1.82) is 0 Å². The molecule has 0 spiro atoms. The van der Waals surface area contributed by atoms with E-state index in [4.69, 9.17) is 0 Å². The number of amides is 1. The van der Waals surface area contributed by atoms with Crippen molar-refractivity contribution in [3.63, 3.8) is 0 Å². The summed E-state index contributed by atoms with van der Waals surface area (Å²) in [6.45, 7) is 5.30. The Balaban J connectivity index is 1.72. The largest absolute Gasteiger partial charge is 0.352 e. The van der Waals surface area contributed by atoms with Gasteiger partial charge in [0.1, 0.15) is 0 Å². The Morgan fingerprint density at radius 3 is 2.72 bits per heavy atom. The van der Waals surface area contributed by atoms with Gasteiger partial charge in [-0.2, -0.15) is 0 Å². The highest BCUT2D eigenvalue weighted by Gasteiger charge is 2.22. The molecule has 1 saturated heterocycles. The highest BCUT2D eigenvalue weighted by Crippen LogP contribution is 2.24. The second-order valence-electron chi connectivity index (χ2n) is 6.49. The maximum Gasteiger partial charge on any atom is 0.276 e. The summed E-state index contributed by atoms with van der Waals surface area (Å²) in [6.07, 6.45) is 5.65. The van der Waals surface area contributed by atoms with E-state index in [9.17, 15) is 4.79 Å². The van der Waals surface area contributed by atoms with Crippen LogP contribution in [0.15, 0.2) is 36.4 Å². The summed E-state index contributed by atoms with van der Waals surface area (Å²) >= 11 is 0. The van der Waals surface area contributed by atoms with Crippen LogP contribution in [0.5, 0.6) is 0 Å². The number of aryl methyl sites for hydroxylation is 1. The van der Waals surface area contributed by atoms with Crippen LogP contribution in [0.2, 0.25) is 0 Å². The van der Waals surface area contributed by atoms with E-state index in [1.54, 1.807) is 6.07 Å². The minimum atomic E-state index is -0.217. The molecule has 1 amide bonds. The first-order valence-electron chi connectivity index (χ1n) is 9.22. The lowest BCUT2D eigenvalue weighted by Gasteiger charge is -2.35. The third kappa shape index (κ3) is 3.98. The number of carbonyl (C=O) groups excluding carboxylic acids is 1. The molecule has 1 fully saturated rings. The predicted molar refractivity (Wildman–Crippen MR) is 101 cm³/mol. The lowest BCUT2D eigenvalue weighted by Crippen LogP contribution is -2.39. The Morgan fingerprint density at radius 2 is 2.00 bits per heavy atom. The van der Waals surface area contributed by atoms with Gasteiger partial charge in [0, 0.05) is 18.3 Å². The fourth-order valence-corrected chi connectivity index (χ4v) is 3.46. The Morgan fingerprint density at radius 1 is 1.16 bits per heavy atom. The first-order chi connectivity index (χ1) is 12.2. The second-order valence-corrected chi connectivity index (χ2v) is 6.49. The lowest BCUT2D eigenvalue weighted by atomic mass is 10.0. The first-order valence-corrected chi connectivity index (χ1v) is 9.22. The normalized spacial score (nSPS) is 17.4. The molecule has 0 saturated carbocycles. The van der Waals surface area contributed by atoms with Gasteiger partial charge in [-0.05, 0) is 55.9 Å². The van der Waals surface area contributed by atoms with Crippen molar-refractivity contribution in [2.24, 2.45) is 0 Å². The summed E-state index contributed by atoms with van der Waals surface area (Å²) in [6, 6.07) is 12.1. The Bertz CT molecular complexity index is 714. The van der Waals surface area contributed by atoms with E-state index in [2.05, 4.69) is 34.3 Å². The highest BCUT2D eigenvalue weighted by molar-refractivity contribution is 6.03. The number of benzene rings is 1. The molecule has 3 rings (SSSR count). The van der Waals surface area contributed by atoms with E-state index in [1.807, 2.05) is 30.3 Å². The molecule has 1 aliphatic heterocycles. The van der Waals surface area contributed by atoms with Crippen LogP contribution in [0.3, 0.4) is 0 Å². The number of anilines is 2. The molecule has 0 radical (unpaired) electrons. The fourth-order valence-electron chi connectivity index (χ4n) is 3.46. The highest BCUT2D eigenvalue weighted by atomic mass is 16.1. The summed E-state index contributed by atoms with van der Waals surface area (Å²) in [5.41, 5.74) is 2.29. The van der Waals surface area contributed by atoms with Gasteiger partial charge < -0.3 is 10.2 Å². The Kier molecular flexibility index (Phi) is 5.64. The number of para-hydroxylation sites is 1. The molecule has 1 atom stereocenters. The van der Waals surface area contributed by atoms with Gasteiger partial charge in [-0.1, -0.05) is 32.0 Å². The van der Waals surface area contributed by atoms with Crippen molar-refractivity contribution < 1.29 is 4.79 Å². The van der Waals surface area contributed by atoms with Gasteiger partial charge in [-0.15, -0.1) is 10.2 Å². The molecule has 0 bridgehead atoms. The van der Waals surface area contributed by atoms with Crippen LogP contribution in [-0.2, 0) is 6.42 Å². The fraction of sp³-hybridized carbons (Fsp3) is 0.450. The maximum absolute atomic E-state index is 12.5. The zero-order chi connectivity index (χ0) is 17.6. The molecule has 1 aliphatic rings. The van der Waals surface area contributed by atoms with Crippen molar-refractivity contribution in [1.82, 2.24) is 10.2 Å². The van der Waals surface area contributed by atoms with Crippen molar-refractivity contribution >= 4 is 17.4 Å². The van der Waals surface area contributed by atoms with Crippen LogP contribution in [-0.4, -0.2) is 28.7 Å². The van der Waals surface area contributed by atoms with E-state index in [-0.39, 0.29) is 5.91 Å². The summed E-state index contributed by atoms with van der Waals surface area (Å²) in [7, 11) is 0.